The van der Waals surface area contributed by atoms with Gasteiger partial charge in [-0.25, -0.2) is 4.99 Å². The van der Waals surface area contributed by atoms with Crippen molar-refractivity contribution in [2.45, 2.75) is 39.2 Å². The number of carbonyl (C=O) groups excluding carboxylic acids is 1. The van der Waals surface area contributed by atoms with Gasteiger partial charge in [-0.05, 0) is 56.9 Å². The Morgan fingerprint density at radius 3 is 2.70 bits per heavy atom. The summed E-state index contributed by atoms with van der Waals surface area (Å²) in [6.07, 6.45) is 2.46. The summed E-state index contributed by atoms with van der Waals surface area (Å²) in [6.45, 7) is 7.15. The number of piperidine rings is 1. The Hall–Kier alpha value is -2.44. The second-order valence-corrected chi connectivity index (χ2v) is 6.92. The van der Waals surface area contributed by atoms with Crippen molar-refractivity contribution in [2.24, 2.45) is 16.6 Å². The number of primary amides is 1. The molecule has 3 N–H and O–H groups in total. The van der Waals surface area contributed by atoms with E-state index >= 15 is 0 Å². The molecule has 0 aliphatic carbocycles. The van der Waals surface area contributed by atoms with Gasteiger partial charge in [-0.3, -0.25) is 4.79 Å². The molecular weight excluding hydrogens is 344 g/mol. The Morgan fingerprint density at radius 2 is 2.07 bits per heavy atom. The number of nitrogens with two attached hydrogens (primary N) is 1. The molecule has 7 heteroatoms. The second-order valence-electron chi connectivity index (χ2n) is 6.92. The lowest BCUT2D eigenvalue weighted by Gasteiger charge is -2.34. The SMILES string of the molecule is CCNC(=NCC(C)Oc1ccc(OC)cc1)N1CCCC(CC(N)=O)C1. The van der Waals surface area contributed by atoms with Crippen LogP contribution in [0.25, 0.3) is 0 Å². The number of benzene rings is 1. The number of nitrogens with one attached hydrogen (secondary N) is 1. The monoisotopic (exact) mass is 376 g/mol. The molecule has 1 aromatic rings. The Labute approximate surface area is 161 Å². The van der Waals surface area contributed by atoms with E-state index in [4.69, 9.17) is 20.2 Å². The van der Waals surface area contributed by atoms with E-state index in [0.29, 0.717) is 18.9 Å². The summed E-state index contributed by atoms with van der Waals surface area (Å²) >= 11 is 0. The Kier molecular flexibility index (Phi) is 8.23. The molecule has 150 valence electrons. The van der Waals surface area contributed by atoms with Gasteiger partial charge >= 0.3 is 0 Å². The third-order valence-electron chi connectivity index (χ3n) is 4.54. The van der Waals surface area contributed by atoms with Gasteiger partial charge in [-0.1, -0.05) is 0 Å². The molecule has 1 aromatic carbocycles. The topological polar surface area (TPSA) is 89.2 Å². The maximum Gasteiger partial charge on any atom is 0.217 e. The molecule has 0 bridgehead atoms. The smallest absolute Gasteiger partial charge is 0.217 e. The first-order valence-corrected chi connectivity index (χ1v) is 9.64. The summed E-state index contributed by atoms with van der Waals surface area (Å²) in [5, 5.41) is 3.35. The fourth-order valence-corrected chi connectivity index (χ4v) is 3.27. The van der Waals surface area contributed by atoms with Crippen molar-refractivity contribution in [3.8, 4) is 11.5 Å². The standard InChI is InChI=1S/C20H32N4O3/c1-4-22-20(24-11-5-6-16(14-24)12-19(21)25)23-13-15(2)27-18-9-7-17(26-3)8-10-18/h7-10,15-16H,4-6,11-14H2,1-3H3,(H2,21,25)(H,22,23). The average molecular weight is 377 g/mol. The molecule has 1 heterocycles. The highest BCUT2D eigenvalue weighted by molar-refractivity contribution is 5.80. The van der Waals surface area contributed by atoms with E-state index < -0.39 is 0 Å². The highest BCUT2D eigenvalue weighted by Gasteiger charge is 2.23. The number of aliphatic imine (C=N–C) groups is 1. The molecule has 0 spiro atoms. The molecule has 1 fully saturated rings. The second kappa shape index (κ2) is 10.6. The molecule has 1 saturated heterocycles. The summed E-state index contributed by atoms with van der Waals surface area (Å²) in [5.74, 6) is 2.54. The zero-order valence-electron chi connectivity index (χ0n) is 16.6. The number of carbonyl (C=O) groups is 1. The summed E-state index contributed by atoms with van der Waals surface area (Å²) < 4.78 is 11.1. The van der Waals surface area contributed by atoms with Crippen LogP contribution in [-0.2, 0) is 4.79 Å². The molecule has 2 rings (SSSR count). The quantitative estimate of drug-likeness (QED) is 0.535. The van der Waals surface area contributed by atoms with Crippen molar-refractivity contribution in [1.82, 2.24) is 10.2 Å². The van der Waals surface area contributed by atoms with E-state index in [-0.39, 0.29) is 12.0 Å². The van der Waals surface area contributed by atoms with Crippen LogP contribution in [0.5, 0.6) is 11.5 Å². The largest absolute Gasteiger partial charge is 0.497 e. The van der Waals surface area contributed by atoms with Crippen molar-refractivity contribution < 1.29 is 14.3 Å². The van der Waals surface area contributed by atoms with E-state index in [1.807, 2.05) is 31.2 Å². The number of amides is 1. The van der Waals surface area contributed by atoms with Crippen molar-refractivity contribution in [1.29, 1.82) is 0 Å². The van der Waals surface area contributed by atoms with Gasteiger partial charge in [0, 0.05) is 26.1 Å². The molecule has 1 aliphatic rings. The predicted octanol–water partition coefficient (Wildman–Crippen LogP) is 2.02. The van der Waals surface area contributed by atoms with Crippen LogP contribution in [0.15, 0.2) is 29.3 Å². The van der Waals surface area contributed by atoms with Crippen LogP contribution in [0.3, 0.4) is 0 Å². The zero-order valence-corrected chi connectivity index (χ0v) is 16.6. The van der Waals surface area contributed by atoms with E-state index in [9.17, 15) is 4.79 Å². The zero-order chi connectivity index (χ0) is 19.6. The number of methoxy groups -OCH3 is 1. The first-order chi connectivity index (χ1) is 13.0. The van der Waals surface area contributed by atoms with Crippen LogP contribution in [0.2, 0.25) is 0 Å². The van der Waals surface area contributed by atoms with Crippen LogP contribution in [0, 0.1) is 5.92 Å². The van der Waals surface area contributed by atoms with Gasteiger partial charge in [0.05, 0.1) is 13.7 Å². The van der Waals surface area contributed by atoms with Crippen LogP contribution >= 0.6 is 0 Å². The Morgan fingerprint density at radius 1 is 1.37 bits per heavy atom. The molecule has 1 amide bonds. The first-order valence-electron chi connectivity index (χ1n) is 9.64. The summed E-state index contributed by atoms with van der Waals surface area (Å²) in [5.41, 5.74) is 5.37. The minimum Gasteiger partial charge on any atom is -0.497 e. The van der Waals surface area contributed by atoms with Crippen LogP contribution in [0.4, 0.5) is 0 Å². The molecule has 2 atom stereocenters. The maximum absolute atomic E-state index is 11.2. The normalized spacial score (nSPS) is 18.7. The lowest BCUT2D eigenvalue weighted by Crippen LogP contribution is -2.47. The molecule has 0 saturated carbocycles. The summed E-state index contributed by atoms with van der Waals surface area (Å²) in [4.78, 5) is 18.2. The molecule has 1 aliphatic heterocycles. The van der Waals surface area contributed by atoms with E-state index in [1.165, 1.54) is 0 Å². The lowest BCUT2D eigenvalue weighted by atomic mass is 9.95. The summed E-state index contributed by atoms with van der Waals surface area (Å²) in [7, 11) is 1.64. The third kappa shape index (κ3) is 7.00. The summed E-state index contributed by atoms with van der Waals surface area (Å²) in [6, 6.07) is 7.54. The van der Waals surface area contributed by atoms with Gasteiger partial charge in [0.1, 0.15) is 17.6 Å². The molecule has 0 aromatic heterocycles. The first kappa shape index (κ1) is 20.9. The maximum atomic E-state index is 11.2. The van der Waals surface area contributed by atoms with Gasteiger partial charge in [-0.2, -0.15) is 0 Å². The van der Waals surface area contributed by atoms with Crippen LogP contribution in [-0.4, -0.2) is 56.2 Å². The number of hydrogen-bond acceptors (Lipinski definition) is 4. The van der Waals surface area contributed by atoms with Crippen LogP contribution < -0.4 is 20.5 Å². The van der Waals surface area contributed by atoms with E-state index in [1.54, 1.807) is 7.11 Å². The van der Waals surface area contributed by atoms with E-state index in [2.05, 4.69) is 17.1 Å². The highest BCUT2D eigenvalue weighted by Crippen LogP contribution is 2.20. The fourth-order valence-electron chi connectivity index (χ4n) is 3.27. The van der Waals surface area contributed by atoms with Crippen molar-refractivity contribution in [3.05, 3.63) is 24.3 Å². The van der Waals surface area contributed by atoms with Crippen molar-refractivity contribution in [3.63, 3.8) is 0 Å². The Bertz CT molecular complexity index is 618. The minimum absolute atomic E-state index is 0.0572. The molecule has 7 nitrogen and oxygen atoms in total. The molecular formula is C20H32N4O3. The molecule has 2 unspecified atom stereocenters. The van der Waals surface area contributed by atoms with Crippen molar-refractivity contribution >= 4 is 11.9 Å². The average Bonchev–Trinajstić information content (AvgIpc) is 2.65. The van der Waals surface area contributed by atoms with Gasteiger partial charge < -0.3 is 25.4 Å². The van der Waals surface area contributed by atoms with Gasteiger partial charge in [0.2, 0.25) is 5.91 Å². The number of hydrogen-bond donors (Lipinski definition) is 2. The van der Waals surface area contributed by atoms with Crippen molar-refractivity contribution in [2.75, 3.05) is 33.3 Å². The fraction of sp³-hybridized carbons (Fsp3) is 0.600. The number of nitrogens with zero attached hydrogens (tertiary/aromatic N) is 2. The predicted molar refractivity (Wildman–Crippen MR) is 107 cm³/mol. The Balaban J connectivity index is 1.93. The molecule has 0 radical (unpaired) electrons. The van der Waals surface area contributed by atoms with Gasteiger partial charge in [0.15, 0.2) is 5.96 Å². The van der Waals surface area contributed by atoms with Gasteiger partial charge in [0.25, 0.3) is 0 Å². The molecule has 27 heavy (non-hydrogen) atoms. The number of rotatable bonds is 8. The van der Waals surface area contributed by atoms with Gasteiger partial charge in [-0.15, -0.1) is 0 Å². The lowest BCUT2D eigenvalue weighted by molar-refractivity contribution is -0.119. The number of ether oxygens (including phenoxy) is 2. The minimum atomic E-state index is -0.231. The van der Waals surface area contributed by atoms with E-state index in [0.717, 1.165) is 49.9 Å². The highest BCUT2D eigenvalue weighted by atomic mass is 16.5. The van der Waals surface area contributed by atoms with Crippen LogP contribution in [0.1, 0.15) is 33.1 Å². The third-order valence-corrected chi connectivity index (χ3v) is 4.54. The number of likely N-dealkylation sites (tertiary alicyclic amines) is 1. The number of guanidine groups is 1.